The maximum Gasteiger partial charge on any atom is 0.471 e. The summed E-state index contributed by atoms with van der Waals surface area (Å²) in [7, 11) is -1.56. The molecule has 0 aliphatic carbocycles. The Hall–Kier alpha value is -2.44. The van der Waals surface area contributed by atoms with E-state index in [9.17, 15) is 27.0 Å². The summed E-state index contributed by atoms with van der Waals surface area (Å²) < 4.78 is 56.0. The Balaban J connectivity index is 1.81. The first-order chi connectivity index (χ1) is 14.3. The average Bonchev–Trinajstić information content (AvgIpc) is 3.08. The summed E-state index contributed by atoms with van der Waals surface area (Å²) in [6, 6.07) is 0. The minimum Gasteiger partial charge on any atom is -0.444 e. The number of carbonyl (C=O) groups is 2. The number of aromatic nitrogens is 2. The summed E-state index contributed by atoms with van der Waals surface area (Å²) in [6.45, 7) is 6.05. The van der Waals surface area contributed by atoms with Crippen LogP contribution < -0.4 is 4.90 Å². The topological polar surface area (TPSA) is 95.9 Å². The van der Waals surface area contributed by atoms with Crippen molar-refractivity contribution in [2.45, 2.75) is 50.8 Å². The van der Waals surface area contributed by atoms with E-state index < -0.39 is 34.6 Å². The van der Waals surface area contributed by atoms with E-state index in [0.29, 0.717) is 42.5 Å². The third kappa shape index (κ3) is 5.25. The number of nitrogens with zero attached hydrogens (tertiary/aromatic N) is 5. The van der Waals surface area contributed by atoms with E-state index in [1.54, 1.807) is 30.6 Å². The van der Waals surface area contributed by atoms with E-state index in [0.717, 1.165) is 0 Å². The number of amides is 2. The number of hydrogen-bond acceptors (Lipinski definition) is 7. The number of halogens is 3. The van der Waals surface area contributed by atoms with Gasteiger partial charge in [-0.3, -0.25) is 9.00 Å². The van der Waals surface area contributed by atoms with Gasteiger partial charge in [0.05, 0.1) is 29.6 Å². The lowest BCUT2D eigenvalue weighted by atomic mass is 10.2. The van der Waals surface area contributed by atoms with Gasteiger partial charge in [0, 0.05) is 38.0 Å². The van der Waals surface area contributed by atoms with Crippen molar-refractivity contribution < 1.29 is 31.7 Å². The van der Waals surface area contributed by atoms with Gasteiger partial charge in [-0.1, -0.05) is 0 Å². The molecule has 0 N–H and O–H groups in total. The van der Waals surface area contributed by atoms with Crippen LogP contribution in [0, 0.1) is 0 Å². The summed E-state index contributed by atoms with van der Waals surface area (Å²) in [5.41, 5.74) is 0.0240. The molecule has 1 saturated heterocycles. The summed E-state index contributed by atoms with van der Waals surface area (Å²) >= 11 is 0. The predicted molar refractivity (Wildman–Crippen MR) is 105 cm³/mol. The van der Waals surface area contributed by atoms with E-state index in [1.807, 2.05) is 0 Å². The number of fused-ring (bicyclic) bond motifs is 1. The maximum absolute atomic E-state index is 12.9. The number of ether oxygens (including phenoxy) is 1. The Bertz CT molecular complexity index is 911. The van der Waals surface area contributed by atoms with Gasteiger partial charge >= 0.3 is 18.2 Å². The highest BCUT2D eigenvalue weighted by Crippen LogP contribution is 2.33. The Morgan fingerprint density at radius 1 is 1.00 bits per heavy atom. The van der Waals surface area contributed by atoms with Gasteiger partial charge in [-0.2, -0.15) is 13.2 Å². The molecule has 1 aromatic rings. The van der Waals surface area contributed by atoms with Crippen LogP contribution in [0.1, 0.15) is 32.0 Å². The molecule has 1 aromatic heterocycles. The first-order valence-corrected chi connectivity index (χ1v) is 11.1. The highest BCUT2D eigenvalue weighted by atomic mass is 32.2. The second-order valence-electron chi connectivity index (χ2n) is 8.32. The zero-order valence-electron chi connectivity index (χ0n) is 17.7. The third-order valence-electron chi connectivity index (χ3n) is 4.76. The minimum atomic E-state index is -4.99. The van der Waals surface area contributed by atoms with Gasteiger partial charge in [0.15, 0.2) is 0 Å². The minimum absolute atomic E-state index is 0.00960. The molecule has 13 heteroatoms. The number of anilines is 1. The van der Waals surface area contributed by atoms with Gasteiger partial charge in [0.25, 0.3) is 0 Å². The summed E-state index contributed by atoms with van der Waals surface area (Å²) in [6.07, 6.45) is -4.07. The fourth-order valence-electron chi connectivity index (χ4n) is 3.36. The van der Waals surface area contributed by atoms with E-state index in [1.165, 1.54) is 6.26 Å². The molecular formula is C18H24F3N5O4S. The molecule has 1 unspecified atom stereocenters. The molecule has 1 atom stereocenters. The Morgan fingerprint density at radius 2 is 1.61 bits per heavy atom. The summed E-state index contributed by atoms with van der Waals surface area (Å²) in [5, 5.41) is -0.00960. The van der Waals surface area contributed by atoms with Gasteiger partial charge in [-0.15, -0.1) is 0 Å². The fraction of sp³-hybridized carbons (Fsp3) is 0.667. The van der Waals surface area contributed by atoms with Crippen LogP contribution in [0.3, 0.4) is 0 Å². The van der Waals surface area contributed by atoms with Crippen molar-refractivity contribution in [1.29, 1.82) is 0 Å². The van der Waals surface area contributed by atoms with Gasteiger partial charge in [0.1, 0.15) is 11.4 Å². The van der Waals surface area contributed by atoms with Crippen LogP contribution in [-0.4, -0.2) is 80.2 Å². The molecule has 3 rings (SSSR count). The number of alkyl halides is 3. The average molecular weight is 463 g/mol. The maximum atomic E-state index is 12.9. The smallest absolute Gasteiger partial charge is 0.444 e. The molecule has 0 radical (unpaired) electrons. The summed E-state index contributed by atoms with van der Waals surface area (Å²) in [4.78, 5) is 36.4. The third-order valence-corrected chi connectivity index (χ3v) is 5.45. The highest BCUT2D eigenvalue weighted by molar-refractivity contribution is 7.84. The lowest BCUT2D eigenvalue weighted by molar-refractivity contribution is -0.186. The van der Waals surface area contributed by atoms with Crippen LogP contribution in [0.2, 0.25) is 0 Å². The molecule has 172 valence electrons. The van der Waals surface area contributed by atoms with Crippen molar-refractivity contribution in [3.05, 3.63) is 11.3 Å². The fourth-order valence-corrected chi connectivity index (χ4v) is 3.81. The molecule has 0 spiro atoms. The Labute approximate surface area is 180 Å². The van der Waals surface area contributed by atoms with Crippen molar-refractivity contribution in [2.24, 2.45) is 0 Å². The largest absolute Gasteiger partial charge is 0.471 e. The zero-order chi connectivity index (χ0) is 23.1. The van der Waals surface area contributed by atoms with Crippen LogP contribution in [0.25, 0.3) is 0 Å². The molecule has 2 aliphatic heterocycles. The van der Waals surface area contributed by atoms with Crippen LogP contribution in [0.15, 0.2) is 5.16 Å². The van der Waals surface area contributed by atoms with E-state index >= 15 is 0 Å². The monoisotopic (exact) mass is 463 g/mol. The second kappa shape index (κ2) is 8.24. The van der Waals surface area contributed by atoms with Crippen molar-refractivity contribution in [3.63, 3.8) is 0 Å². The second-order valence-corrected chi connectivity index (χ2v) is 9.60. The first-order valence-electron chi connectivity index (χ1n) is 9.58. The van der Waals surface area contributed by atoms with Crippen molar-refractivity contribution in [2.75, 3.05) is 37.3 Å². The van der Waals surface area contributed by atoms with E-state index in [4.69, 9.17) is 4.74 Å². The Kier molecular flexibility index (Phi) is 6.18. The van der Waals surface area contributed by atoms with E-state index in [2.05, 4.69) is 9.97 Å². The number of rotatable bonds is 2. The lowest BCUT2D eigenvalue weighted by Gasteiger charge is -2.36. The van der Waals surface area contributed by atoms with Crippen molar-refractivity contribution in [1.82, 2.24) is 19.8 Å². The van der Waals surface area contributed by atoms with Crippen LogP contribution >= 0.6 is 0 Å². The molecule has 0 bridgehead atoms. The van der Waals surface area contributed by atoms with Gasteiger partial charge in [-0.05, 0) is 20.8 Å². The standard InChI is InChI=1S/C18H24F3N5O4S/c1-17(2,3)30-16(28)25-7-5-24(6-8-25)13-11-9-26(14(27)18(19,20)21)10-12(11)22-15(23-13)31(4)29/h5-10H2,1-4H3. The zero-order valence-corrected chi connectivity index (χ0v) is 18.5. The van der Waals surface area contributed by atoms with Crippen molar-refractivity contribution >= 4 is 28.6 Å². The first kappa shape index (κ1) is 23.2. The molecule has 1 fully saturated rings. The molecule has 3 heterocycles. The molecule has 0 saturated carbocycles. The SMILES string of the molecule is CS(=O)c1nc2c(c(N3CCN(C(=O)OC(C)(C)C)CC3)n1)CN(C(=O)C(F)(F)F)C2. The number of hydrogen-bond donors (Lipinski definition) is 0. The molecule has 9 nitrogen and oxygen atoms in total. The van der Waals surface area contributed by atoms with Crippen molar-refractivity contribution in [3.8, 4) is 0 Å². The van der Waals surface area contributed by atoms with Gasteiger partial charge in [0.2, 0.25) is 5.16 Å². The van der Waals surface area contributed by atoms with Crippen LogP contribution in [0.5, 0.6) is 0 Å². The van der Waals surface area contributed by atoms with Gasteiger partial charge in [-0.25, -0.2) is 14.8 Å². The number of piperazine rings is 1. The quantitative estimate of drug-likeness (QED) is 0.616. The Morgan fingerprint density at radius 3 is 2.13 bits per heavy atom. The predicted octanol–water partition coefficient (Wildman–Crippen LogP) is 1.68. The molecule has 31 heavy (non-hydrogen) atoms. The molecule has 0 aromatic carbocycles. The van der Waals surface area contributed by atoms with E-state index in [-0.39, 0.29) is 23.9 Å². The highest BCUT2D eigenvalue weighted by Gasteiger charge is 2.45. The molecular weight excluding hydrogens is 439 g/mol. The normalized spacial score (nSPS) is 18.1. The number of carbonyl (C=O) groups excluding carboxylic acids is 2. The molecule has 2 aliphatic rings. The summed E-state index contributed by atoms with van der Waals surface area (Å²) in [5.74, 6) is -1.61. The van der Waals surface area contributed by atoms with Gasteiger partial charge < -0.3 is 19.4 Å². The molecule has 2 amide bonds. The van der Waals surface area contributed by atoms with Crippen LogP contribution in [-0.2, 0) is 33.4 Å². The van der Waals surface area contributed by atoms with Crippen LogP contribution in [0.4, 0.5) is 23.8 Å². The lowest BCUT2D eigenvalue weighted by Crippen LogP contribution is -2.50.